The van der Waals surface area contributed by atoms with Crippen molar-refractivity contribution in [3.05, 3.63) is 0 Å². The van der Waals surface area contributed by atoms with Gasteiger partial charge in [-0.3, -0.25) is 9.59 Å². The predicted molar refractivity (Wildman–Crippen MR) is 82.1 cm³/mol. The van der Waals surface area contributed by atoms with Crippen molar-refractivity contribution < 1.29 is 9.59 Å². The average molecular weight is 386 g/mol. The van der Waals surface area contributed by atoms with Gasteiger partial charge in [0.05, 0.1) is 0 Å². The molecule has 2 radical (unpaired) electrons. The number of hydrogen-bond acceptors (Lipinski definition) is 6. The monoisotopic (exact) mass is 387 g/mol. The number of nitrogens with one attached hydrogen (secondary N) is 1. The summed E-state index contributed by atoms with van der Waals surface area (Å²) < 4.78 is 2.96. The van der Waals surface area contributed by atoms with E-state index in [2.05, 4.69) is 36.7 Å². The maximum atomic E-state index is 9.01. The van der Waals surface area contributed by atoms with Gasteiger partial charge < -0.3 is 0 Å². The van der Waals surface area contributed by atoms with Crippen LogP contribution in [0.5, 0.6) is 0 Å². The summed E-state index contributed by atoms with van der Waals surface area (Å²) in [5.74, 6) is 1.14. The van der Waals surface area contributed by atoms with Crippen LogP contribution in [-0.4, -0.2) is 61.1 Å². The molecule has 0 rings (SSSR count). The number of carbonyl (C=O) groups excluding carboxylic acids is 2. The number of aldehydes is 2. The van der Waals surface area contributed by atoms with E-state index in [-0.39, 0.29) is 21.1 Å². The normalized spacial score (nSPS) is 7.38. The average Bonchev–Trinajstić information content (AvgIpc) is 2.35. The van der Waals surface area contributed by atoms with Crippen molar-refractivity contribution in [1.82, 2.24) is 5.32 Å². The van der Waals surface area contributed by atoms with E-state index >= 15 is 0 Å². The maximum absolute atomic E-state index is 9.01. The Bertz CT molecular complexity index is 141. The number of thiocarbonyl (C=S) groups is 2. The molecule has 0 heterocycles. The molecule has 0 saturated heterocycles. The summed E-state index contributed by atoms with van der Waals surface area (Å²) in [6.45, 7) is 2.30. The molecule has 0 unspecified atom stereocenters. The van der Waals surface area contributed by atoms with Gasteiger partial charge in [-0.2, -0.15) is 0 Å². The Balaban J connectivity index is -0.000000179. The van der Waals surface area contributed by atoms with Gasteiger partial charge in [0, 0.05) is 10.7 Å². The molecule has 0 aliphatic heterocycles. The van der Waals surface area contributed by atoms with Crippen molar-refractivity contribution >= 4 is 80.6 Å². The summed E-state index contributed by atoms with van der Waals surface area (Å²) in [4.78, 5) is 18.0. The van der Waals surface area contributed by atoms with E-state index in [0.717, 1.165) is 16.6 Å². The number of hydrogen-bond donors (Lipinski definition) is 1. The summed E-state index contributed by atoms with van der Waals surface area (Å²) in [6, 6.07) is 0. The van der Waals surface area contributed by atoms with E-state index < -0.39 is 0 Å². The molecule has 0 aliphatic carbocycles. The maximum Gasteiger partial charge on any atom is 0.153 e. The van der Waals surface area contributed by atoms with E-state index in [1.807, 2.05) is 18.8 Å². The molecule has 7 heteroatoms. The Morgan fingerprint density at radius 1 is 1.25 bits per heavy atom. The largest absolute Gasteiger partial charge is 0.298 e. The second kappa shape index (κ2) is 29.6. The number of rotatable bonds is 7. The van der Waals surface area contributed by atoms with Gasteiger partial charge in [0.1, 0.15) is 0 Å². The van der Waals surface area contributed by atoms with Crippen LogP contribution in [0.15, 0.2) is 0 Å². The Morgan fingerprint density at radius 3 is 1.94 bits per heavy atom. The molecule has 0 amide bonds. The van der Waals surface area contributed by atoms with E-state index in [1.165, 1.54) is 8.21 Å². The zero-order valence-electron chi connectivity index (χ0n) is 9.47. The quantitative estimate of drug-likeness (QED) is 0.235. The minimum Gasteiger partial charge on any atom is -0.298 e. The van der Waals surface area contributed by atoms with Crippen LogP contribution in [-0.2, 0) is 9.59 Å². The molecular weight excluding hydrogens is 369 g/mol. The molecule has 92 valence electrons. The van der Waals surface area contributed by atoms with Crippen LogP contribution in [0, 0.1) is 0 Å². The molecule has 0 atom stereocenters. The van der Waals surface area contributed by atoms with E-state index in [9.17, 15) is 0 Å². The fourth-order valence-electron chi connectivity index (χ4n) is 0.327. The van der Waals surface area contributed by atoms with Crippen LogP contribution in [0.1, 0.15) is 6.92 Å². The molecule has 0 aromatic heterocycles. The van der Waals surface area contributed by atoms with Crippen molar-refractivity contribution in [2.75, 3.05) is 16.7 Å². The first-order chi connectivity index (χ1) is 7.74. The third kappa shape index (κ3) is 46.7. The standard InChI is InChI=1S/C3H8NS.2C2H2OS.C2H5.Sn/c1-4-3-5-2;2*3-1-2-4;1-2;/h4H,2-3H2,1H3;2*1-2H;1H2,2H3;. The zero-order chi connectivity index (χ0) is 13.1. The van der Waals surface area contributed by atoms with Crippen molar-refractivity contribution in [3.63, 3.8) is 0 Å². The van der Waals surface area contributed by atoms with Gasteiger partial charge in [0.25, 0.3) is 0 Å². The molecular formula is C9H17NO2S3Sn. The first kappa shape index (κ1) is 21.9. The first-order valence-electron chi connectivity index (χ1n) is 4.45. The minimum absolute atomic E-state index is 0.0938. The first-order valence-corrected chi connectivity index (χ1v) is 10.6. The zero-order valence-corrected chi connectivity index (χ0v) is 14.8. The smallest absolute Gasteiger partial charge is 0.153 e. The second-order valence-corrected chi connectivity index (χ2v) is 9.44. The summed E-state index contributed by atoms with van der Waals surface area (Å²) in [5, 5.41) is 5.17. The Hall–Kier alpha value is 0.629. The summed E-state index contributed by atoms with van der Waals surface area (Å²) in [6.07, 6.45) is 1.13. The molecule has 0 bridgehead atoms. The molecule has 16 heavy (non-hydrogen) atoms. The molecule has 0 aromatic carbocycles. The van der Waals surface area contributed by atoms with Gasteiger partial charge in [0.15, 0.2) is 12.6 Å². The Morgan fingerprint density at radius 2 is 1.69 bits per heavy atom. The fourth-order valence-corrected chi connectivity index (χ4v) is 4.84. The topological polar surface area (TPSA) is 46.2 Å². The molecule has 0 aromatic rings. The SMILES string of the molecule is C[CH2][Sn][CH2]SCNC.O=CC=S.O=CC=S. The second-order valence-electron chi connectivity index (χ2n) is 1.99. The molecule has 0 saturated carbocycles. The summed E-state index contributed by atoms with van der Waals surface area (Å²) in [7, 11) is 2.00. The van der Waals surface area contributed by atoms with Crippen LogP contribution < -0.4 is 5.32 Å². The van der Waals surface area contributed by atoms with Gasteiger partial charge in [-0.1, -0.05) is 24.4 Å². The summed E-state index contributed by atoms with van der Waals surface area (Å²) >= 11 is 10.3. The van der Waals surface area contributed by atoms with E-state index in [0.29, 0.717) is 12.6 Å². The van der Waals surface area contributed by atoms with Gasteiger partial charge in [-0.15, -0.1) is 0 Å². The molecule has 0 spiro atoms. The van der Waals surface area contributed by atoms with Gasteiger partial charge >= 0.3 is 66.3 Å². The summed E-state index contributed by atoms with van der Waals surface area (Å²) in [5.41, 5.74) is 0. The fraction of sp³-hybridized carbons (Fsp3) is 0.556. The minimum atomic E-state index is 0.0938. The predicted octanol–water partition coefficient (Wildman–Crippen LogP) is 1.37. The Kier molecular flexibility index (Phi) is 40.5. The van der Waals surface area contributed by atoms with Gasteiger partial charge in [-0.25, -0.2) is 0 Å². The third-order valence-corrected chi connectivity index (χ3v) is 6.86. The van der Waals surface area contributed by atoms with Crippen molar-refractivity contribution in [2.24, 2.45) is 0 Å². The van der Waals surface area contributed by atoms with Crippen LogP contribution >= 0.6 is 36.2 Å². The van der Waals surface area contributed by atoms with Crippen LogP contribution in [0.25, 0.3) is 0 Å². The molecule has 3 nitrogen and oxygen atoms in total. The Labute approximate surface area is 123 Å². The van der Waals surface area contributed by atoms with Gasteiger partial charge in [-0.05, 0) is 0 Å². The van der Waals surface area contributed by atoms with E-state index in [1.54, 1.807) is 0 Å². The van der Waals surface area contributed by atoms with Gasteiger partial charge in [0.2, 0.25) is 0 Å². The third-order valence-electron chi connectivity index (χ3n) is 0.812. The van der Waals surface area contributed by atoms with E-state index in [4.69, 9.17) is 9.59 Å². The van der Waals surface area contributed by atoms with Crippen LogP contribution in [0.3, 0.4) is 0 Å². The van der Waals surface area contributed by atoms with Crippen LogP contribution in [0.4, 0.5) is 0 Å². The molecule has 0 fully saturated rings. The van der Waals surface area contributed by atoms with Crippen molar-refractivity contribution in [2.45, 2.75) is 11.4 Å². The van der Waals surface area contributed by atoms with Crippen molar-refractivity contribution in [3.8, 4) is 0 Å². The van der Waals surface area contributed by atoms with Crippen LogP contribution in [0.2, 0.25) is 4.44 Å². The molecule has 1 N–H and O–H groups in total. The molecule has 0 aliphatic rings. The van der Waals surface area contributed by atoms with Crippen molar-refractivity contribution in [1.29, 1.82) is 0 Å². The number of carbonyl (C=O) groups is 2. The number of thioether (sulfide) groups is 1.